The highest BCUT2D eigenvalue weighted by molar-refractivity contribution is 7.18. The number of rotatable bonds is 5. The molecule has 4 heterocycles. The summed E-state index contributed by atoms with van der Waals surface area (Å²) in [5.41, 5.74) is 1.26. The van der Waals surface area contributed by atoms with Gasteiger partial charge in [-0.3, -0.25) is 4.90 Å². The lowest BCUT2D eigenvalue weighted by atomic mass is 10.2. The zero-order chi connectivity index (χ0) is 16.6. The highest BCUT2D eigenvalue weighted by Crippen LogP contribution is 2.40. The number of nitrogens with zero attached hydrogens (tertiary/aromatic N) is 3. The average Bonchev–Trinajstić information content (AvgIpc) is 3.11. The molecule has 2 fully saturated rings. The number of hydrogen-bond acceptors (Lipinski definition) is 7. The Hall–Kier alpha value is -1.54. The van der Waals surface area contributed by atoms with Crippen molar-refractivity contribution in [2.24, 2.45) is 0 Å². The summed E-state index contributed by atoms with van der Waals surface area (Å²) >= 11 is 3.49. The van der Waals surface area contributed by atoms with Crippen LogP contribution in [0.25, 0.3) is 20.7 Å². The molecular formula is C18H20N4OS2. The maximum absolute atomic E-state index is 5.45. The summed E-state index contributed by atoms with van der Waals surface area (Å²) < 4.78 is 5.45. The minimum absolute atomic E-state index is 0.574. The fraction of sp³-hybridized carbons (Fsp3) is 0.444. The van der Waals surface area contributed by atoms with Gasteiger partial charge in [-0.2, -0.15) is 0 Å². The van der Waals surface area contributed by atoms with Crippen LogP contribution in [0.5, 0.6) is 0 Å². The third-order valence-corrected chi connectivity index (χ3v) is 6.43. The molecule has 5 nitrogen and oxygen atoms in total. The summed E-state index contributed by atoms with van der Waals surface area (Å²) in [6.45, 7) is 4.31. The summed E-state index contributed by atoms with van der Waals surface area (Å²) in [5, 5.41) is 9.18. The minimum Gasteiger partial charge on any atom is -0.379 e. The number of nitrogens with one attached hydrogen (secondary N) is 1. The molecule has 7 heteroatoms. The van der Waals surface area contributed by atoms with Gasteiger partial charge >= 0.3 is 0 Å². The Bertz CT molecular complexity index is 867. The van der Waals surface area contributed by atoms with Crippen molar-refractivity contribution in [2.75, 3.05) is 31.6 Å². The number of anilines is 1. The van der Waals surface area contributed by atoms with Crippen LogP contribution in [-0.4, -0.2) is 47.2 Å². The molecule has 2 aliphatic rings. The van der Waals surface area contributed by atoms with Crippen LogP contribution >= 0.6 is 22.7 Å². The molecule has 0 unspecified atom stereocenters. The fourth-order valence-electron chi connectivity index (χ4n) is 3.15. The van der Waals surface area contributed by atoms with Crippen LogP contribution in [0.4, 0.5) is 5.82 Å². The lowest BCUT2D eigenvalue weighted by Gasteiger charge is -2.25. The Balaban J connectivity index is 1.54. The molecule has 1 saturated carbocycles. The average molecular weight is 373 g/mol. The van der Waals surface area contributed by atoms with E-state index >= 15 is 0 Å². The van der Waals surface area contributed by atoms with Crippen molar-refractivity contribution in [3.8, 4) is 10.4 Å². The predicted octanol–water partition coefficient (Wildman–Crippen LogP) is 3.83. The van der Waals surface area contributed by atoms with E-state index in [4.69, 9.17) is 14.7 Å². The Morgan fingerprint density at radius 2 is 2.08 bits per heavy atom. The predicted molar refractivity (Wildman–Crippen MR) is 103 cm³/mol. The van der Waals surface area contributed by atoms with Gasteiger partial charge in [0.15, 0.2) is 0 Å². The molecule has 1 aliphatic heterocycles. The summed E-state index contributed by atoms with van der Waals surface area (Å²) in [6.07, 6.45) is 2.48. The largest absolute Gasteiger partial charge is 0.379 e. The van der Waals surface area contributed by atoms with Gasteiger partial charge in [-0.15, -0.1) is 22.7 Å². The van der Waals surface area contributed by atoms with Crippen molar-refractivity contribution in [3.05, 3.63) is 28.7 Å². The third kappa shape index (κ3) is 3.29. The summed E-state index contributed by atoms with van der Waals surface area (Å²) in [5.74, 6) is 1.93. The van der Waals surface area contributed by atoms with Gasteiger partial charge in [0, 0.05) is 35.0 Å². The Labute approximate surface area is 154 Å². The number of ether oxygens (including phenoxy) is 1. The van der Waals surface area contributed by atoms with Crippen molar-refractivity contribution in [1.29, 1.82) is 0 Å². The van der Waals surface area contributed by atoms with Gasteiger partial charge in [0.05, 0.1) is 25.1 Å². The second-order valence-electron chi connectivity index (χ2n) is 6.60. The molecule has 0 amide bonds. The third-order valence-electron chi connectivity index (χ3n) is 4.65. The van der Waals surface area contributed by atoms with Crippen LogP contribution in [0, 0.1) is 0 Å². The first-order chi connectivity index (χ1) is 12.4. The quantitative estimate of drug-likeness (QED) is 0.738. The second kappa shape index (κ2) is 6.64. The molecule has 25 heavy (non-hydrogen) atoms. The first-order valence-electron chi connectivity index (χ1n) is 8.75. The number of fused-ring (bicyclic) bond motifs is 1. The van der Waals surface area contributed by atoms with Crippen LogP contribution in [0.2, 0.25) is 0 Å². The standard InChI is InChI=1S/C18H20N4OS2/c1-2-14(24-9-1)13-11-25-18-16(13)17(19-12-3-4-12)20-15(21-18)10-22-5-7-23-8-6-22/h1-2,9,11-12H,3-8,10H2,(H,19,20,21). The first kappa shape index (κ1) is 15.7. The van der Waals surface area contributed by atoms with E-state index in [1.807, 2.05) is 0 Å². The fourth-order valence-corrected chi connectivity index (χ4v) is 4.93. The molecule has 0 bridgehead atoms. The molecule has 0 atom stereocenters. The van der Waals surface area contributed by atoms with Gasteiger partial charge in [-0.05, 0) is 24.3 Å². The highest BCUT2D eigenvalue weighted by atomic mass is 32.1. The van der Waals surface area contributed by atoms with E-state index < -0.39 is 0 Å². The molecule has 3 aromatic rings. The lowest BCUT2D eigenvalue weighted by molar-refractivity contribution is 0.0331. The van der Waals surface area contributed by atoms with Crippen LogP contribution in [0.15, 0.2) is 22.9 Å². The number of thiophene rings is 2. The molecule has 1 saturated heterocycles. The maximum atomic E-state index is 5.45. The topological polar surface area (TPSA) is 50.3 Å². The molecule has 3 aromatic heterocycles. The van der Waals surface area contributed by atoms with E-state index in [0.717, 1.165) is 49.3 Å². The molecule has 1 N–H and O–H groups in total. The van der Waals surface area contributed by atoms with Crippen LogP contribution in [0.3, 0.4) is 0 Å². The number of morpholine rings is 1. The van der Waals surface area contributed by atoms with E-state index in [1.165, 1.54) is 28.7 Å². The second-order valence-corrected chi connectivity index (χ2v) is 8.41. The Morgan fingerprint density at radius 3 is 2.84 bits per heavy atom. The van der Waals surface area contributed by atoms with Crippen molar-refractivity contribution in [3.63, 3.8) is 0 Å². The molecule has 130 valence electrons. The van der Waals surface area contributed by atoms with E-state index in [-0.39, 0.29) is 0 Å². The molecule has 1 aliphatic carbocycles. The molecule has 5 rings (SSSR count). The number of hydrogen-bond donors (Lipinski definition) is 1. The van der Waals surface area contributed by atoms with Crippen LogP contribution in [-0.2, 0) is 11.3 Å². The normalized spacial score (nSPS) is 18.7. The van der Waals surface area contributed by atoms with Crippen molar-refractivity contribution >= 4 is 38.7 Å². The minimum atomic E-state index is 0.574. The van der Waals surface area contributed by atoms with Crippen molar-refractivity contribution < 1.29 is 4.74 Å². The van der Waals surface area contributed by atoms with Crippen LogP contribution < -0.4 is 5.32 Å². The Kier molecular flexibility index (Phi) is 4.17. The van der Waals surface area contributed by atoms with E-state index in [1.54, 1.807) is 22.7 Å². The van der Waals surface area contributed by atoms with Gasteiger partial charge in [0.1, 0.15) is 16.5 Å². The first-order valence-corrected chi connectivity index (χ1v) is 10.5. The SMILES string of the molecule is c1csc(-c2csc3nc(CN4CCOCC4)nc(NC4CC4)c23)c1. The van der Waals surface area contributed by atoms with E-state index in [9.17, 15) is 0 Å². The van der Waals surface area contributed by atoms with Crippen molar-refractivity contribution in [1.82, 2.24) is 14.9 Å². The molecule has 0 radical (unpaired) electrons. The zero-order valence-electron chi connectivity index (χ0n) is 13.9. The summed E-state index contributed by atoms with van der Waals surface area (Å²) in [4.78, 5) is 14.6. The van der Waals surface area contributed by atoms with Crippen LogP contribution in [0.1, 0.15) is 18.7 Å². The maximum Gasteiger partial charge on any atom is 0.146 e. The van der Waals surface area contributed by atoms with Gasteiger partial charge in [0.25, 0.3) is 0 Å². The van der Waals surface area contributed by atoms with Gasteiger partial charge in [-0.25, -0.2) is 9.97 Å². The monoisotopic (exact) mass is 372 g/mol. The molecular weight excluding hydrogens is 352 g/mol. The van der Waals surface area contributed by atoms with E-state index in [0.29, 0.717) is 6.04 Å². The zero-order valence-corrected chi connectivity index (χ0v) is 15.5. The number of aromatic nitrogens is 2. The van der Waals surface area contributed by atoms with Crippen molar-refractivity contribution in [2.45, 2.75) is 25.4 Å². The smallest absolute Gasteiger partial charge is 0.146 e. The summed E-state index contributed by atoms with van der Waals surface area (Å²) in [7, 11) is 0. The summed E-state index contributed by atoms with van der Waals surface area (Å²) in [6, 6.07) is 4.85. The highest BCUT2D eigenvalue weighted by Gasteiger charge is 2.25. The van der Waals surface area contributed by atoms with Gasteiger partial charge in [0.2, 0.25) is 0 Å². The van der Waals surface area contributed by atoms with E-state index in [2.05, 4.69) is 33.1 Å². The lowest BCUT2D eigenvalue weighted by Crippen LogP contribution is -2.36. The van der Waals surface area contributed by atoms with Gasteiger partial charge < -0.3 is 10.1 Å². The Morgan fingerprint density at radius 1 is 1.20 bits per heavy atom. The molecule has 0 aromatic carbocycles. The molecule has 0 spiro atoms. The van der Waals surface area contributed by atoms with Gasteiger partial charge in [-0.1, -0.05) is 6.07 Å².